The summed E-state index contributed by atoms with van der Waals surface area (Å²) in [6.07, 6.45) is 0. The lowest BCUT2D eigenvalue weighted by Gasteiger charge is -2.11. The minimum absolute atomic E-state index is 0.00812. The average molecular weight is 304 g/mol. The van der Waals surface area contributed by atoms with E-state index >= 15 is 0 Å². The quantitative estimate of drug-likeness (QED) is 0.800. The molecule has 104 valence electrons. The number of urea groups is 1. The number of amides is 3. The summed E-state index contributed by atoms with van der Waals surface area (Å²) >= 11 is 11.6. The lowest BCUT2D eigenvalue weighted by molar-refractivity contribution is -0.115. The van der Waals surface area contributed by atoms with Gasteiger partial charge in [0.2, 0.25) is 5.91 Å². The summed E-state index contributed by atoms with van der Waals surface area (Å²) in [4.78, 5) is 22.9. The van der Waals surface area contributed by atoms with Crippen LogP contribution in [0.3, 0.4) is 0 Å². The van der Waals surface area contributed by atoms with Gasteiger partial charge in [-0.1, -0.05) is 23.2 Å². The Bertz CT molecular complexity index is 478. The molecule has 0 spiro atoms. The van der Waals surface area contributed by atoms with Crippen molar-refractivity contribution in [2.45, 2.75) is 19.9 Å². The maximum absolute atomic E-state index is 11.6. The van der Waals surface area contributed by atoms with E-state index in [2.05, 4.69) is 16.0 Å². The Balaban J connectivity index is 2.45. The lowest BCUT2D eigenvalue weighted by Crippen LogP contribution is -2.42. The highest BCUT2D eigenvalue weighted by Gasteiger charge is 2.08. The zero-order valence-corrected chi connectivity index (χ0v) is 12.1. The maximum Gasteiger partial charge on any atom is 0.315 e. The van der Waals surface area contributed by atoms with Crippen molar-refractivity contribution in [3.8, 4) is 0 Å². The number of hydrogen-bond acceptors (Lipinski definition) is 2. The van der Waals surface area contributed by atoms with Crippen LogP contribution in [-0.2, 0) is 4.79 Å². The van der Waals surface area contributed by atoms with Crippen LogP contribution in [0.1, 0.15) is 13.8 Å². The predicted molar refractivity (Wildman–Crippen MR) is 76.8 cm³/mol. The van der Waals surface area contributed by atoms with Gasteiger partial charge in [0.05, 0.1) is 17.3 Å². The Kier molecular flexibility index (Phi) is 5.92. The number of carbonyl (C=O) groups excluding carboxylic acids is 2. The third-order valence-corrected chi connectivity index (χ3v) is 2.58. The van der Waals surface area contributed by atoms with Crippen molar-refractivity contribution < 1.29 is 9.59 Å². The maximum atomic E-state index is 11.6. The molecule has 1 rings (SSSR count). The van der Waals surface area contributed by atoms with Crippen LogP contribution in [0, 0.1) is 0 Å². The van der Waals surface area contributed by atoms with Crippen LogP contribution < -0.4 is 16.0 Å². The lowest BCUT2D eigenvalue weighted by atomic mass is 10.3. The highest BCUT2D eigenvalue weighted by Crippen LogP contribution is 2.25. The summed E-state index contributed by atoms with van der Waals surface area (Å²) in [5.74, 6) is -0.372. The van der Waals surface area contributed by atoms with Gasteiger partial charge >= 0.3 is 6.03 Å². The van der Waals surface area contributed by atoms with Crippen molar-refractivity contribution in [2.75, 3.05) is 11.9 Å². The first kappa shape index (κ1) is 15.6. The van der Waals surface area contributed by atoms with Crippen molar-refractivity contribution in [1.82, 2.24) is 10.6 Å². The second-order valence-corrected chi connectivity index (χ2v) is 5.00. The molecular formula is C12H15Cl2N3O2. The Morgan fingerprint density at radius 3 is 2.53 bits per heavy atom. The van der Waals surface area contributed by atoms with Crippen LogP contribution in [0.5, 0.6) is 0 Å². The largest absolute Gasteiger partial charge is 0.336 e. The molecule has 1 aromatic carbocycles. The van der Waals surface area contributed by atoms with E-state index in [-0.39, 0.29) is 18.5 Å². The molecule has 0 aliphatic heterocycles. The van der Waals surface area contributed by atoms with Gasteiger partial charge in [0.1, 0.15) is 0 Å². The summed E-state index contributed by atoms with van der Waals surface area (Å²) in [7, 11) is 0. The second-order valence-electron chi connectivity index (χ2n) is 4.15. The Labute approximate surface area is 121 Å². The molecule has 0 aromatic heterocycles. The third kappa shape index (κ3) is 5.81. The van der Waals surface area contributed by atoms with Gasteiger partial charge in [-0.05, 0) is 32.0 Å². The summed E-state index contributed by atoms with van der Waals surface area (Å²) in [5, 5.41) is 8.44. The normalized spacial score (nSPS) is 10.2. The van der Waals surface area contributed by atoms with E-state index in [0.29, 0.717) is 15.7 Å². The van der Waals surface area contributed by atoms with E-state index < -0.39 is 6.03 Å². The van der Waals surface area contributed by atoms with E-state index in [1.54, 1.807) is 12.1 Å². The van der Waals surface area contributed by atoms with Crippen molar-refractivity contribution >= 4 is 40.8 Å². The van der Waals surface area contributed by atoms with E-state index in [1.165, 1.54) is 6.07 Å². The molecule has 19 heavy (non-hydrogen) atoms. The zero-order valence-electron chi connectivity index (χ0n) is 10.6. The second kappa shape index (κ2) is 7.21. The fourth-order valence-electron chi connectivity index (χ4n) is 1.26. The first-order valence-corrected chi connectivity index (χ1v) is 6.43. The molecule has 0 saturated carbocycles. The monoisotopic (exact) mass is 303 g/mol. The van der Waals surface area contributed by atoms with Gasteiger partial charge in [0.25, 0.3) is 0 Å². The number of rotatable bonds is 4. The van der Waals surface area contributed by atoms with E-state index in [0.717, 1.165) is 0 Å². The van der Waals surface area contributed by atoms with Crippen molar-refractivity contribution in [3.05, 3.63) is 28.2 Å². The van der Waals surface area contributed by atoms with Gasteiger partial charge in [0, 0.05) is 11.1 Å². The molecule has 0 fully saturated rings. The first-order chi connectivity index (χ1) is 8.88. The summed E-state index contributed by atoms with van der Waals surface area (Å²) in [5.41, 5.74) is 0.446. The van der Waals surface area contributed by atoms with Gasteiger partial charge in [-0.15, -0.1) is 0 Å². The molecule has 5 nitrogen and oxygen atoms in total. The van der Waals surface area contributed by atoms with Gasteiger partial charge in [-0.3, -0.25) is 4.79 Å². The van der Waals surface area contributed by atoms with Gasteiger partial charge < -0.3 is 16.0 Å². The molecular weight excluding hydrogens is 289 g/mol. The fraction of sp³-hybridized carbons (Fsp3) is 0.333. The molecule has 3 N–H and O–H groups in total. The number of carbonyl (C=O) groups is 2. The summed E-state index contributed by atoms with van der Waals surface area (Å²) < 4.78 is 0. The topological polar surface area (TPSA) is 70.2 Å². The molecule has 0 radical (unpaired) electrons. The summed E-state index contributed by atoms with van der Waals surface area (Å²) in [6, 6.07) is 4.34. The third-order valence-electron chi connectivity index (χ3n) is 2.03. The number of anilines is 1. The average Bonchev–Trinajstić information content (AvgIpc) is 2.29. The van der Waals surface area contributed by atoms with Crippen LogP contribution in [0.4, 0.5) is 10.5 Å². The van der Waals surface area contributed by atoms with E-state index in [4.69, 9.17) is 23.2 Å². The minimum atomic E-state index is -0.396. The van der Waals surface area contributed by atoms with Crippen molar-refractivity contribution in [2.24, 2.45) is 0 Å². The molecule has 0 saturated heterocycles. The highest BCUT2D eigenvalue weighted by atomic mass is 35.5. The molecule has 0 aliphatic carbocycles. The molecule has 7 heteroatoms. The zero-order chi connectivity index (χ0) is 14.4. The minimum Gasteiger partial charge on any atom is -0.336 e. The van der Waals surface area contributed by atoms with Gasteiger partial charge in [-0.25, -0.2) is 4.79 Å². The molecule has 0 aliphatic rings. The molecule has 0 bridgehead atoms. The summed E-state index contributed by atoms with van der Waals surface area (Å²) in [6.45, 7) is 3.51. The van der Waals surface area contributed by atoms with Crippen LogP contribution in [0.15, 0.2) is 18.2 Å². The molecule has 1 aromatic rings. The van der Waals surface area contributed by atoms with Crippen LogP contribution >= 0.6 is 23.2 Å². The van der Waals surface area contributed by atoms with E-state index in [9.17, 15) is 9.59 Å². The van der Waals surface area contributed by atoms with Crippen LogP contribution in [-0.4, -0.2) is 24.5 Å². The smallest absolute Gasteiger partial charge is 0.315 e. The molecule has 0 unspecified atom stereocenters. The molecule has 0 atom stereocenters. The number of halogens is 2. The predicted octanol–water partition coefficient (Wildman–Crippen LogP) is 2.64. The van der Waals surface area contributed by atoms with Gasteiger partial charge in [-0.2, -0.15) is 0 Å². The number of hydrogen-bond donors (Lipinski definition) is 3. The van der Waals surface area contributed by atoms with Crippen molar-refractivity contribution in [3.63, 3.8) is 0 Å². The molecule has 3 amide bonds. The number of nitrogens with one attached hydrogen (secondary N) is 3. The Morgan fingerprint density at radius 2 is 1.95 bits per heavy atom. The Morgan fingerprint density at radius 1 is 1.26 bits per heavy atom. The van der Waals surface area contributed by atoms with Crippen LogP contribution in [0.2, 0.25) is 10.0 Å². The van der Waals surface area contributed by atoms with Crippen LogP contribution in [0.25, 0.3) is 0 Å². The standard InChI is InChI=1S/C12H15Cl2N3O2/c1-7(2)16-12(19)15-6-11(18)17-10-4-3-8(13)5-9(10)14/h3-5,7H,6H2,1-2H3,(H,17,18)(H2,15,16,19). The number of benzene rings is 1. The first-order valence-electron chi connectivity index (χ1n) is 5.67. The van der Waals surface area contributed by atoms with Crippen molar-refractivity contribution in [1.29, 1.82) is 0 Å². The molecule has 0 heterocycles. The Hall–Kier alpha value is -1.46. The fourth-order valence-corrected chi connectivity index (χ4v) is 1.71. The van der Waals surface area contributed by atoms with Gasteiger partial charge in [0.15, 0.2) is 0 Å². The highest BCUT2D eigenvalue weighted by molar-refractivity contribution is 6.36. The SMILES string of the molecule is CC(C)NC(=O)NCC(=O)Nc1ccc(Cl)cc1Cl. The van der Waals surface area contributed by atoms with E-state index in [1.807, 2.05) is 13.8 Å².